The number of hydrogen-bond donors (Lipinski definition) is 1. The van der Waals surface area contributed by atoms with Crippen molar-refractivity contribution in [3.63, 3.8) is 0 Å². The maximum atomic E-state index is 14.1. The second kappa shape index (κ2) is 13.1. The first-order valence-corrected chi connectivity index (χ1v) is 13.5. The molecule has 1 unspecified atom stereocenters. The number of carbonyl (C=O) groups is 1. The number of benzene rings is 3. The summed E-state index contributed by atoms with van der Waals surface area (Å²) in [6.07, 6.45) is 1.07. The Labute approximate surface area is 216 Å². The van der Waals surface area contributed by atoms with E-state index in [0.29, 0.717) is 17.9 Å². The maximum absolute atomic E-state index is 14.1. The van der Waals surface area contributed by atoms with Crippen molar-refractivity contribution in [2.45, 2.75) is 24.5 Å². The fraction of sp³-hybridized carbons (Fsp3) is 0.296. The van der Waals surface area contributed by atoms with Crippen LogP contribution in [0, 0.1) is 5.82 Å². The van der Waals surface area contributed by atoms with E-state index in [1.807, 2.05) is 30.3 Å². The molecular formula is C27H30FNO7S. The summed E-state index contributed by atoms with van der Waals surface area (Å²) in [5.74, 6) is -0.797. The molecule has 10 heteroatoms. The van der Waals surface area contributed by atoms with E-state index in [1.165, 1.54) is 37.4 Å². The van der Waals surface area contributed by atoms with Gasteiger partial charge in [0.2, 0.25) is 0 Å². The van der Waals surface area contributed by atoms with E-state index in [0.717, 1.165) is 11.8 Å². The van der Waals surface area contributed by atoms with E-state index in [-0.39, 0.29) is 36.2 Å². The van der Waals surface area contributed by atoms with Crippen molar-refractivity contribution in [3.05, 3.63) is 83.7 Å². The summed E-state index contributed by atoms with van der Waals surface area (Å²) < 4.78 is 60.3. The molecule has 1 N–H and O–H groups in total. The molecule has 3 aromatic rings. The second-order valence-electron chi connectivity index (χ2n) is 8.07. The van der Waals surface area contributed by atoms with Crippen molar-refractivity contribution in [2.24, 2.45) is 0 Å². The van der Waals surface area contributed by atoms with Gasteiger partial charge in [-0.1, -0.05) is 30.3 Å². The van der Waals surface area contributed by atoms with Crippen LogP contribution in [0.4, 0.5) is 10.1 Å². The molecule has 3 aromatic carbocycles. The Bertz CT molecular complexity index is 1300. The van der Waals surface area contributed by atoms with Crippen LogP contribution in [-0.4, -0.2) is 47.6 Å². The molecule has 0 fully saturated rings. The Morgan fingerprint density at radius 3 is 2.46 bits per heavy atom. The third-order valence-electron chi connectivity index (χ3n) is 5.26. The van der Waals surface area contributed by atoms with Crippen LogP contribution in [-0.2, 0) is 30.7 Å². The molecule has 0 aromatic heterocycles. The predicted molar refractivity (Wildman–Crippen MR) is 137 cm³/mol. The molecule has 0 aliphatic carbocycles. The summed E-state index contributed by atoms with van der Waals surface area (Å²) in [5.41, 5.74) is 1.61. The Morgan fingerprint density at radius 1 is 1.03 bits per heavy atom. The third kappa shape index (κ3) is 8.19. The lowest BCUT2D eigenvalue weighted by Crippen LogP contribution is -2.24. The van der Waals surface area contributed by atoms with Gasteiger partial charge in [0, 0.05) is 29.6 Å². The Hall–Kier alpha value is -3.63. The van der Waals surface area contributed by atoms with Crippen LogP contribution in [0.3, 0.4) is 0 Å². The molecule has 0 aliphatic heterocycles. The number of methoxy groups -OCH3 is 1. The molecule has 0 heterocycles. The zero-order valence-electron chi connectivity index (χ0n) is 20.9. The number of anilines is 1. The van der Waals surface area contributed by atoms with E-state index in [2.05, 4.69) is 5.32 Å². The van der Waals surface area contributed by atoms with Crippen molar-refractivity contribution in [1.29, 1.82) is 0 Å². The lowest BCUT2D eigenvalue weighted by atomic mass is 10.0. The highest BCUT2D eigenvalue weighted by Crippen LogP contribution is 2.32. The van der Waals surface area contributed by atoms with Crippen molar-refractivity contribution in [3.8, 4) is 11.5 Å². The van der Waals surface area contributed by atoms with Crippen LogP contribution >= 0.6 is 0 Å². The van der Waals surface area contributed by atoms with E-state index in [4.69, 9.17) is 18.9 Å². The maximum Gasteiger partial charge on any atom is 0.333 e. The zero-order chi connectivity index (χ0) is 26.8. The summed E-state index contributed by atoms with van der Waals surface area (Å²) in [5, 5.41) is 3.00. The molecule has 8 nitrogen and oxygen atoms in total. The van der Waals surface area contributed by atoms with Gasteiger partial charge < -0.3 is 24.3 Å². The standard InChI is InChI=1S/C27H30FNO7S/c1-4-35-27(30)26(29-21-15-22(33-2)17-23(16-21)37(3,31)32)24-11-10-20(28)14-25(24)36-13-12-34-18-19-8-6-5-7-9-19/h5-11,14-17,26,29H,4,12-13,18H2,1-3H3. The molecule has 0 spiro atoms. The average Bonchev–Trinajstić information content (AvgIpc) is 2.87. The number of ether oxygens (including phenoxy) is 4. The highest BCUT2D eigenvalue weighted by Gasteiger charge is 2.27. The first-order chi connectivity index (χ1) is 17.7. The smallest absolute Gasteiger partial charge is 0.333 e. The van der Waals surface area contributed by atoms with E-state index in [1.54, 1.807) is 13.0 Å². The predicted octanol–water partition coefficient (Wildman–Crippen LogP) is 4.55. The number of halogens is 1. The molecule has 37 heavy (non-hydrogen) atoms. The summed E-state index contributed by atoms with van der Waals surface area (Å²) in [7, 11) is -2.16. The van der Waals surface area contributed by atoms with Gasteiger partial charge in [-0.25, -0.2) is 17.6 Å². The van der Waals surface area contributed by atoms with Gasteiger partial charge in [-0.05, 0) is 36.8 Å². The lowest BCUT2D eigenvalue weighted by Gasteiger charge is -2.22. The molecule has 1 atom stereocenters. The monoisotopic (exact) mass is 531 g/mol. The van der Waals surface area contributed by atoms with E-state index >= 15 is 0 Å². The number of sulfone groups is 1. The number of nitrogens with one attached hydrogen (secondary N) is 1. The van der Waals surface area contributed by atoms with Gasteiger partial charge in [0.25, 0.3) is 0 Å². The second-order valence-corrected chi connectivity index (χ2v) is 10.1. The van der Waals surface area contributed by atoms with E-state index in [9.17, 15) is 17.6 Å². The van der Waals surface area contributed by atoms with Crippen LogP contribution in [0.5, 0.6) is 11.5 Å². The Morgan fingerprint density at radius 2 is 1.78 bits per heavy atom. The van der Waals surface area contributed by atoms with Gasteiger partial charge >= 0.3 is 5.97 Å². The zero-order valence-corrected chi connectivity index (χ0v) is 21.7. The van der Waals surface area contributed by atoms with Crippen molar-refractivity contribution in [2.75, 3.05) is 38.5 Å². The van der Waals surface area contributed by atoms with Gasteiger partial charge in [0.05, 0.1) is 31.8 Å². The molecular weight excluding hydrogens is 501 g/mol. The first-order valence-electron chi connectivity index (χ1n) is 11.6. The minimum absolute atomic E-state index is 0.00287. The average molecular weight is 532 g/mol. The molecule has 0 radical (unpaired) electrons. The van der Waals surface area contributed by atoms with Gasteiger partial charge in [-0.15, -0.1) is 0 Å². The number of carbonyl (C=O) groups excluding carboxylic acids is 1. The fourth-order valence-corrected chi connectivity index (χ4v) is 4.16. The molecule has 0 bridgehead atoms. The molecule has 0 saturated heterocycles. The molecule has 3 rings (SSSR count). The van der Waals surface area contributed by atoms with Crippen molar-refractivity contribution >= 4 is 21.5 Å². The summed E-state index contributed by atoms with van der Waals surface area (Å²) in [4.78, 5) is 12.9. The van der Waals surface area contributed by atoms with Gasteiger partial charge in [-0.2, -0.15) is 0 Å². The first kappa shape index (κ1) is 27.9. The van der Waals surface area contributed by atoms with E-state index < -0.39 is 27.7 Å². The summed E-state index contributed by atoms with van der Waals surface area (Å²) in [6, 6.07) is 16.6. The molecule has 0 saturated carbocycles. The van der Waals surface area contributed by atoms with Crippen LogP contribution in [0.1, 0.15) is 24.1 Å². The quantitative estimate of drug-likeness (QED) is 0.253. The summed E-state index contributed by atoms with van der Waals surface area (Å²) in [6.45, 7) is 2.50. The SMILES string of the molecule is CCOC(=O)C(Nc1cc(OC)cc(S(C)(=O)=O)c1)c1ccc(F)cc1OCCOCc1ccccc1. The largest absolute Gasteiger partial charge is 0.497 e. The van der Waals surface area contributed by atoms with Gasteiger partial charge in [0.1, 0.15) is 23.9 Å². The number of rotatable bonds is 13. The minimum Gasteiger partial charge on any atom is -0.497 e. The third-order valence-corrected chi connectivity index (χ3v) is 6.35. The molecule has 198 valence electrons. The van der Waals surface area contributed by atoms with Crippen molar-refractivity contribution < 1.29 is 36.6 Å². The topological polar surface area (TPSA) is 100 Å². The number of hydrogen-bond acceptors (Lipinski definition) is 8. The molecule has 0 amide bonds. The van der Waals surface area contributed by atoms with Crippen LogP contribution in [0.25, 0.3) is 0 Å². The fourth-order valence-electron chi connectivity index (χ4n) is 3.49. The van der Waals surface area contributed by atoms with Crippen LogP contribution in [0.2, 0.25) is 0 Å². The Kier molecular flexibility index (Phi) is 9.87. The minimum atomic E-state index is -3.56. The molecule has 0 aliphatic rings. The highest BCUT2D eigenvalue weighted by molar-refractivity contribution is 7.90. The normalized spacial score (nSPS) is 12.0. The van der Waals surface area contributed by atoms with Gasteiger partial charge in [0.15, 0.2) is 15.9 Å². The Balaban J connectivity index is 1.83. The highest BCUT2D eigenvalue weighted by atomic mass is 32.2. The van der Waals surface area contributed by atoms with Crippen LogP contribution < -0.4 is 14.8 Å². The van der Waals surface area contributed by atoms with Gasteiger partial charge in [-0.3, -0.25) is 0 Å². The number of esters is 1. The van der Waals surface area contributed by atoms with Crippen LogP contribution in [0.15, 0.2) is 71.6 Å². The summed E-state index contributed by atoms with van der Waals surface area (Å²) >= 11 is 0. The lowest BCUT2D eigenvalue weighted by molar-refractivity contribution is -0.144. The van der Waals surface area contributed by atoms with Crippen molar-refractivity contribution in [1.82, 2.24) is 0 Å².